The number of nitrogens with one attached hydrogen (secondary N) is 1. The van der Waals surface area contributed by atoms with Crippen molar-refractivity contribution in [1.82, 2.24) is 5.32 Å². The van der Waals surface area contributed by atoms with E-state index >= 15 is 0 Å². The number of anilines is 1. The van der Waals surface area contributed by atoms with Crippen LogP contribution >= 0.6 is 0 Å². The van der Waals surface area contributed by atoms with Crippen LogP contribution in [0.25, 0.3) is 0 Å². The minimum atomic E-state index is -3.89. The molecule has 0 radical (unpaired) electrons. The molecule has 0 aromatic heterocycles. The first-order valence-corrected chi connectivity index (χ1v) is 10.6. The average Bonchev–Trinajstić information content (AvgIpc) is 2.64. The quantitative estimate of drug-likeness (QED) is 0.652. The SMILES string of the molecule is COCCCNC(=O)CN(c1ccc(C)cc1C)S(=O)(=O)c1ccc(C)cc1. The summed E-state index contributed by atoms with van der Waals surface area (Å²) in [7, 11) is -2.29. The summed E-state index contributed by atoms with van der Waals surface area (Å²) in [5.74, 6) is -0.355. The molecule has 0 unspecified atom stereocenters. The van der Waals surface area contributed by atoms with Crippen molar-refractivity contribution in [2.75, 3.05) is 31.1 Å². The van der Waals surface area contributed by atoms with Crippen molar-refractivity contribution in [3.63, 3.8) is 0 Å². The van der Waals surface area contributed by atoms with E-state index in [4.69, 9.17) is 4.74 Å². The van der Waals surface area contributed by atoms with Gasteiger partial charge in [0.2, 0.25) is 5.91 Å². The number of benzene rings is 2. The molecule has 0 spiro atoms. The number of carbonyl (C=O) groups excluding carboxylic acids is 1. The van der Waals surface area contributed by atoms with E-state index < -0.39 is 10.0 Å². The van der Waals surface area contributed by atoms with Crippen LogP contribution in [0.2, 0.25) is 0 Å². The van der Waals surface area contributed by atoms with Crippen LogP contribution in [-0.4, -0.2) is 41.1 Å². The first-order chi connectivity index (χ1) is 13.3. The van der Waals surface area contributed by atoms with Crippen LogP contribution in [0.5, 0.6) is 0 Å². The largest absolute Gasteiger partial charge is 0.385 e. The van der Waals surface area contributed by atoms with Crippen LogP contribution in [-0.2, 0) is 19.6 Å². The van der Waals surface area contributed by atoms with Gasteiger partial charge in [-0.1, -0.05) is 35.4 Å². The van der Waals surface area contributed by atoms with Crippen molar-refractivity contribution in [1.29, 1.82) is 0 Å². The fraction of sp³-hybridized carbons (Fsp3) is 0.381. The summed E-state index contributed by atoms with van der Waals surface area (Å²) in [5.41, 5.74) is 3.28. The van der Waals surface area contributed by atoms with E-state index in [9.17, 15) is 13.2 Å². The van der Waals surface area contributed by atoms with Gasteiger partial charge in [-0.05, 0) is 51.0 Å². The molecule has 28 heavy (non-hydrogen) atoms. The molecule has 0 fully saturated rings. The second-order valence-electron chi connectivity index (χ2n) is 6.81. The van der Waals surface area contributed by atoms with Gasteiger partial charge in [-0.25, -0.2) is 8.42 Å². The number of aryl methyl sites for hydroxylation is 3. The standard InChI is InChI=1S/C21H28N2O4S/c1-16-6-9-19(10-7-16)28(25,26)23(15-21(24)22-12-5-13-27-4)20-11-8-17(2)14-18(20)3/h6-11,14H,5,12-13,15H2,1-4H3,(H,22,24). The van der Waals surface area contributed by atoms with Crippen LogP contribution in [0.15, 0.2) is 47.4 Å². The Balaban J connectivity index is 2.35. The highest BCUT2D eigenvalue weighted by atomic mass is 32.2. The zero-order valence-electron chi connectivity index (χ0n) is 16.9. The van der Waals surface area contributed by atoms with Gasteiger partial charge in [0.25, 0.3) is 10.0 Å². The van der Waals surface area contributed by atoms with E-state index in [-0.39, 0.29) is 17.3 Å². The number of amides is 1. The third-order valence-corrected chi connectivity index (χ3v) is 6.14. The Morgan fingerprint density at radius 2 is 1.68 bits per heavy atom. The van der Waals surface area contributed by atoms with E-state index in [1.54, 1.807) is 37.4 Å². The number of carbonyl (C=O) groups is 1. The number of hydrogen-bond acceptors (Lipinski definition) is 4. The minimum absolute atomic E-state index is 0.158. The topological polar surface area (TPSA) is 75.7 Å². The molecule has 0 aliphatic heterocycles. The predicted octanol–water partition coefficient (Wildman–Crippen LogP) is 2.96. The van der Waals surface area contributed by atoms with E-state index in [0.29, 0.717) is 25.3 Å². The molecule has 0 saturated heterocycles. The summed E-state index contributed by atoms with van der Waals surface area (Å²) < 4.78 is 32.8. The molecule has 0 aliphatic carbocycles. The third-order valence-electron chi connectivity index (χ3n) is 4.36. The van der Waals surface area contributed by atoms with E-state index in [1.807, 2.05) is 32.9 Å². The molecule has 2 aromatic carbocycles. The maximum absolute atomic E-state index is 13.3. The first-order valence-electron chi connectivity index (χ1n) is 9.18. The van der Waals surface area contributed by atoms with Crippen LogP contribution < -0.4 is 9.62 Å². The summed E-state index contributed by atoms with van der Waals surface area (Å²) in [5, 5.41) is 2.76. The lowest BCUT2D eigenvalue weighted by molar-refractivity contribution is -0.119. The summed E-state index contributed by atoms with van der Waals surface area (Å²) in [4.78, 5) is 12.6. The molecule has 6 nitrogen and oxygen atoms in total. The van der Waals surface area contributed by atoms with Gasteiger partial charge < -0.3 is 10.1 Å². The van der Waals surface area contributed by atoms with Crippen LogP contribution in [0, 0.1) is 20.8 Å². The molecule has 0 bridgehead atoms. The lowest BCUT2D eigenvalue weighted by Crippen LogP contribution is -2.41. The maximum Gasteiger partial charge on any atom is 0.264 e. The third kappa shape index (κ3) is 5.56. The number of rotatable bonds is 9. The van der Waals surface area contributed by atoms with Crippen molar-refractivity contribution in [2.24, 2.45) is 0 Å². The molecule has 0 saturated carbocycles. The molecule has 1 amide bonds. The zero-order chi connectivity index (χ0) is 20.7. The van der Waals surface area contributed by atoms with Crippen molar-refractivity contribution < 1.29 is 17.9 Å². The smallest absolute Gasteiger partial charge is 0.264 e. The van der Waals surface area contributed by atoms with E-state index in [2.05, 4.69) is 5.32 Å². The molecule has 0 aliphatic rings. The summed E-state index contributed by atoms with van der Waals surface area (Å²) in [6, 6.07) is 12.1. The summed E-state index contributed by atoms with van der Waals surface area (Å²) in [6.45, 7) is 6.36. The van der Waals surface area contributed by atoms with Gasteiger partial charge in [-0.15, -0.1) is 0 Å². The number of nitrogens with zero attached hydrogens (tertiary/aromatic N) is 1. The van der Waals surface area contributed by atoms with Crippen molar-refractivity contribution in [3.05, 3.63) is 59.2 Å². The second-order valence-corrected chi connectivity index (χ2v) is 8.67. The average molecular weight is 405 g/mol. The Hall–Kier alpha value is -2.38. The summed E-state index contributed by atoms with van der Waals surface area (Å²) in [6.07, 6.45) is 0.663. The fourth-order valence-corrected chi connectivity index (χ4v) is 4.34. The highest BCUT2D eigenvalue weighted by Gasteiger charge is 2.28. The maximum atomic E-state index is 13.3. The highest BCUT2D eigenvalue weighted by molar-refractivity contribution is 7.92. The zero-order valence-corrected chi connectivity index (χ0v) is 17.7. The van der Waals surface area contributed by atoms with E-state index in [1.165, 1.54) is 4.31 Å². The Kier molecular flexibility index (Phi) is 7.60. The van der Waals surface area contributed by atoms with Gasteiger partial charge in [0.05, 0.1) is 10.6 Å². The number of methoxy groups -OCH3 is 1. The number of sulfonamides is 1. The predicted molar refractivity (Wildman–Crippen MR) is 111 cm³/mol. The Labute approximate surface area is 167 Å². The molecular formula is C21H28N2O4S. The summed E-state index contributed by atoms with van der Waals surface area (Å²) >= 11 is 0. The van der Waals surface area contributed by atoms with Crippen molar-refractivity contribution >= 4 is 21.6 Å². The van der Waals surface area contributed by atoms with Gasteiger partial charge in [-0.2, -0.15) is 0 Å². The second kappa shape index (κ2) is 9.71. The van der Waals surface area contributed by atoms with Crippen molar-refractivity contribution in [3.8, 4) is 0 Å². The molecule has 7 heteroatoms. The molecule has 1 N–H and O–H groups in total. The molecule has 2 rings (SSSR count). The van der Waals surface area contributed by atoms with Gasteiger partial charge in [0.15, 0.2) is 0 Å². The fourth-order valence-electron chi connectivity index (χ4n) is 2.85. The Morgan fingerprint density at radius 1 is 1.04 bits per heavy atom. The lowest BCUT2D eigenvalue weighted by Gasteiger charge is -2.26. The Bertz CT molecular complexity index is 909. The minimum Gasteiger partial charge on any atom is -0.385 e. The monoisotopic (exact) mass is 404 g/mol. The van der Waals surface area contributed by atoms with Gasteiger partial charge in [0.1, 0.15) is 6.54 Å². The molecule has 0 atom stereocenters. The Morgan fingerprint density at radius 3 is 2.29 bits per heavy atom. The molecule has 152 valence electrons. The molecule has 0 heterocycles. The normalized spacial score (nSPS) is 11.3. The van der Waals surface area contributed by atoms with Gasteiger partial charge in [-0.3, -0.25) is 9.10 Å². The van der Waals surface area contributed by atoms with Gasteiger partial charge in [0, 0.05) is 20.3 Å². The first kappa shape index (κ1) is 21.9. The van der Waals surface area contributed by atoms with Gasteiger partial charge >= 0.3 is 0 Å². The number of hydrogen-bond donors (Lipinski definition) is 1. The van der Waals surface area contributed by atoms with Crippen LogP contribution in [0.3, 0.4) is 0 Å². The molecule has 2 aromatic rings. The van der Waals surface area contributed by atoms with Crippen LogP contribution in [0.4, 0.5) is 5.69 Å². The van der Waals surface area contributed by atoms with Crippen LogP contribution in [0.1, 0.15) is 23.1 Å². The van der Waals surface area contributed by atoms with Crippen molar-refractivity contribution in [2.45, 2.75) is 32.1 Å². The highest BCUT2D eigenvalue weighted by Crippen LogP contribution is 2.27. The number of ether oxygens (including phenoxy) is 1. The molecular weight excluding hydrogens is 376 g/mol. The van der Waals surface area contributed by atoms with E-state index in [0.717, 1.165) is 16.7 Å². The lowest BCUT2D eigenvalue weighted by atomic mass is 10.1.